The van der Waals surface area contributed by atoms with Crippen molar-refractivity contribution in [2.24, 2.45) is 16.7 Å². The Morgan fingerprint density at radius 1 is 1.17 bits per heavy atom. The second kappa shape index (κ2) is 3.05. The van der Waals surface area contributed by atoms with E-state index in [1.165, 1.54) is 25.7 Å². The molecule has 0 amide bonds. The van der Waals surface area contributed by atoms with Gasteiger partial charge in [-0.25, -0.2) is 0 Å². The SMILES string of the molecule is CC(C)CCC1(C(C)(C)C)CC1. The molecule has 1 fully saturated rings. The Balaban J connectivity index is 2.40. The lowest BCUT2D eigenvalue weighted by atomic mass is 9.74. The largest absolute Gasteiger partial charge is 0.0628 e. The van der Waals surface area contributed by atoms with Gasteiger partial charge in [-0.3, -0.25) is 0 Å². The molecule has 0 aromatic rings. The molecule has 0 radical (unpaired) electrons. The van der Waals surface area contributed by atoms with Gasteiger partial charge in [0.2, 0.25) is 0 Å². The van der Waals surface area contributed by atoms with Gasteiger partial charge in [0.1, 0.15) is 0 Å². The Hall–Kier alpha value is 0. The molecule has 1 aliphatic rings. The molecular formula is C12H24. The molecule has 0 saturated heterocycles. The first-order valence-corrected chi connectivity index (χ1v) is 5.37. The minimum Gasteiger partial charge on any atom is -0.0628 e. The molecule has 1 aliphatic carbocycles. The predicted octanol–water partition coefficient (Wildman–Crippen LogP) is 4.25. The van der Waals surface area contributed by atoms with Gasteiger partial charge in [0.05, 0.1) is 0 Å². The first-order valence-electron chi connectivity index (χ1n) is 5.37. The summed E-state index contributed by atoms with van der Waals surface area (Å²) < 4.78 is 0. The molecule has 0 atom stereocenters. The van der Waals surface area contributed by atoms with Gasteiger partial charge in [-0.05, 0) is 36.0 Å². The van der Waals surface area contributed by atoms with Crippen molar-refractivity contribution in [3.63, 3.8) is 0 Å². The normalized spacial score (nSPS) is 21.5. The van der Waals surface area contributed by atoms with E-state index in [-0.39, 0.29) is 0 Å². The summed E-state index contributed by atoms with van der Waals surface area (Å²) in [7, 11) is 0. The summed E-state index contributed by atoms with van der Waals surface area (Å²) >= 11 is 0. The summed E-state index contributed by atoms with van der Waals surface area (Å²) in [6, 6.07) is 0. The van der Waals surface area contributed by atoms with Crippen molar-refractivity contribution in [2.45, 2.75) is 60.3 Å². The number of rotatable bonds is 3. The maximum absolute atomic E-state index is 2.40. The van der Waals surface area contributed by atoms with Gasteiger partial charge >= 0.3 is 0 Å². The van der Waals surface area contributed by atoms with E-state index >= 15 is 0 Å². The van der Waals surface area contributed by atoms with Crippen LogP contribution in [0.15, 0.2) is 0 Å². The van der Waals surface area contributed by atoms with Crippen LogP contribution in [-0.2, 0) is 0 Å². The molecule has 0 N–H and O–H groups in total. The molecule has 0 heterocycles. The minimum absolute atomic E-state index is 0.544. The van der Waals surface area contributed by atoms with Gasteiger partial charge in [-0.15, -0.1) is 0 Å². The summed E-state index contributed by atoms with van der Waals surface area (Å²) in [4.78, 5) is 0. The monoisotopic (exact) mass is 168 g/mol. The van der Waals surface area contributed by atoms with Gasteiger partial charge < -0.3 is 0 Å². The van der Waals surface area contributed by atoms with Crippen molar-refractivity contribution in [3.8, 4) is 0 Å². The molecule has 1 rings (SSSR count). The predicted molar refractivity (Wildman–Crippen MR) is 55.2 cm³/mol. The highest BCUT2D eigenvalue weighted by molar-refractivity contribution is 5.01. The van der Waals surface area contributed by atoms with E-state index < -0.39 is 0 Å². The summed E-state index contributed by atoms with van der Waals surface area (Å²) in [5.74, 6) is 0.879. The fourth-order valence-corrected chi connectivity index (χ4v) is 2.09. The van der Waals surface area contributed by atoms with Crippen LogP contribution in [0.2, 0.25) is 0 Å². The lowest BCUT2D eigenvalue weighted by molar-refractivity contribution is 0.188. The Morgan fingerprint density at radius 2 is 1.67 bits per heavy atom. The van der Waals surface area contributed by atoms with E-state index in [1.807, 2.05) is 0 Å². The zero-order valence-corrected chi connectivity index (χ0v) is 9.41. The van der Waals surface area contributed by atoms with Gasteiger partial charge in [-0.2, -0.15) is 0 Å². The maximum atomic E-state index is 2.40. The van der Waals surface area contributed by atoms with Gasteiger partial charge in [0, 0.05) is 0 Å². The first kappa shape index (κ1) is 10.1. The summed E-state index contributed by atoms with van der Waals surface area (Å²) in [6.45, 7) is 11.9. The summed E-state index contributed by atoms with van der Waals surface area (Å²) in [5.41, 5.74) is 1.26. The van der Waals surface area contributed by atoms with Crippen LogP contribution in [0.5, 0.6) is 0 Å². The molecule has 12 heavy (non-hydrogen) atoms. The van der Waals surface area contributed by atoms with Crippen LogP contribution >= 0.6 is 0 Å². The van der Waals surface area contributed by atoms with Crippen molar-refractivity contribution in [2.75, 3.05) is 0 Å². The third kappa shape index (κ3) is 2.02. The molecule has 0 aromatic heterocycles. The molecule has 0 aliphatic heterocycles. The highest BCUT2D eigenvalue weighted by atomic mass is 14.6. The topological polar surface area (TPSA) is 0 Å². The fraction of sp³-hybridized carbons (Fsp3) is 1.00. The van der Waals surface area contributed by atoms with Crippen LogP contribution < -0.4 is 0 Å². The third-order valence-corrected chi connectivity index (χ3v) is 3.64. The smallest absolute Gasteiger partial charge is 0.0248 e. The van der Waals surface area contributed by atoms with E-state index in [2.05, 4.69) is 34.6 Å². The molecule has 0 aromatic carbocycles. The van der Waals surface area contributed by atoms with Crippen molar-refractivity contribution < 1.29 is 0 Å². The Labute approximate surface area is 77.7 Å². The van der Waals surface area contributed by atoms with E-state index in [1.54, 1.807) is 0 Å². The van der Waals surface area contributed by atoms with Crippen LogP contribution in [0.3, 0.4) is 0 Å². The van der Waals surface area contributed by atoms with Crippen molar-refractivity contribution >= 4 is 0 Å². The molecule has 72 valence electrons. The highest BCUT2D eigenvalue weighted by Gasteiger charge is 2.50. The highest BCUT2D eigenvalue weighted by Crippen LogP contribution is 2.61. The van der Waals surface area contributed by atoms with Crippen LogP contribution in [-0.4, -0.2) is 0 Å². The Bertz CT molecular complexity index is 144. The van der Waals surface area contributed by atoms with Gasteiger partial charge in [0.25, 0.3) is 0 Å². The van der Waals surface area contributed by atoms with Crippen LogP contribution in [0.1, 0.15) is 60.3 Å². The Kier molecular flexibility index (Phi) is 2.56. The van der Waals surface area contributed by atoms with E-state index in [0.29, 0.717) is 5.41 Å². The average Bonchev–Trinajstić information content (AvgIpc) is 2.60. The Morgan fingerprint density at radius 3 is 1.92 bits per heavy atom. The summed E-state index contributed by atoms with van der Waals surface area (Å²) in [5, 5.41) is 0. The summed E-state index contributed by atoms with van der Waals surface area (Å²) in [6.07, 6.45) is 5.82. The van der Waals surface area contributed by atoms with Crippen molar-refractivity contribution in [3.05, 3.63) is 0 Å². The molecule has 0 spiro atoms. The van der Waals surface area contributed by atoms with Gasteiger partial charge in [-0.1, -0.05) is 41.0 Å². The standard InChI is InChI=1S/C12H24/c1-10(2)6-7-12(8-9-12)11(3,4)5/h10H,6-9H2,1-5H3. The fourth-order valence-electron chi connectivity index (χ4n) is 2.09. The number of hydrogen-bond acceptors (Lipinski definition) is 0. The second-order valence-corrected chi connectivity index (χ2v) is 5.96. The molecular weight excluding hydrogens is 144 g/mol. The quantitative estimate of drug-likeness (QED) is 0.591. The van der Waals surface area contributed by atoms with Crippen LogP contribution in [0.4, 0.5) is 0 Å². The maximum Gasteiger partial charge on any atom is -0.0248 e. The molecule has 0 bridgehead atoms. The molecule has 0 heteroatoms. The second-order valence-electron chi connectivity index (χ2n) is 5.96. The van der Waals surface area contributed by atoms with E-state index in [9.17, 15) is 0 Å². The minimum atomic E-state index is 0.544. The third-order valence-electron chi connectivity index (χ3n) is 3.64. The molecule has 0 unspecified atom stereocenters. The number of hydrogen-bond donors (Lipinski definition) is 0. The lowest BCUT2D eigenvalue weighted by Crippen LogP contribution is -2.22. The molecule has 0 nitrogen and oxygen atoms in total. The van der Waals surface area contributed by atoms with Gasteiger partial charge in [0.15, 0.2) is 0 Å². The zero-order valence-electron chi connectivity index (χ0n) is 9.41. The van der Waals surface area contributed by atoms with E-state index in [0.717, 1.165) is 11.3 Å². The zero-order chi connectivity index (χ0) is 9.41. The van der Waals surface area contributed by atoms with Crippen LogP contribution in [0.25, 0.3) is 0 Å². The molecule has 1 saturated carbocycles. The van der Waals surface area contributed by atoms with Crippen LogP contribution in [0, 0.1) is 16.7 Å². The average molecular weight is 168 g/mol. The lowest BCUT2D eigenvalue weighted by Gasteiger charge is -2.31. The first-order chi connectivity index (χ1) is 5.37. The van der Waals surface area contributed by atoms with Crippen molar-refractivity contribution in [1.29, 1.82) is 0 Å². The van der Waals surface area contributed by atoms with E-state index in [4.69, 9.17) is 0 Å². The van der Waals surface area contributed by atoms with Crippen molar-refractivity contribution in [1.82, 2.24) is 0 Å².